The molecule has 0 aromatic rings. The van der Waals surface area contributed by atoms with Gasteiger partial charge in [0.1, 0.15) is 6.61 Å². The second kappa shape index (κ2) is 54.6. The van der Waals surface area contributed by atoms with E-state index in [2.05, 4.69) is 159 Å². The fraction of sp³-hybridized carbons (Fsp3) is 0.927. The molecule has 0 spiro atoms. The van der Waals surface area contributed by atoms with Gasteiger partial charge in [0.05, 0.1) is 50.0 Å². The summed E-state index contributed by atoms with van der Waals surface area (Å²) in [6.07, 6.45) is 16.7. The van der Waals surface area contributed by atoms with Crippen LogP contribution in [0, 0.1) is 72.9 Å². The van der Waals surface area contributed by atoms with Crippen LogP contribution < -0.4 is 0 Å². The monoisotopic (exact) mass is 1360 g/mol. The van der Waals surface area contributed by atoms with E-state index in [1.54, 1.807) is 0 Å². The molecule has 3 atom stereocenters. The minimum atomic E-state index is -0.275. The Labute approximate surface area is 591 Å². The SMILES string of the molecule is CC(C)CC(=O)OC(C)CC(C)(C)C.CC(C)CC(=O)OCCC(C)(C)C.CC(C)CC(=O)OCCCC(C)(C)C.CC(CC(C)(C)C)OC(=O)C(C)C.CC(CC(C)(C)C)OC(=O)C1CCCC1.CCC(C)(C)C.CCCC(C)(C)C.CCCOCC(=O)OCC(C)(C)C. The molecule has 95 heavy (non-hydrogen) atoms. The predicted molar refractivity (Wildman–Crippen MR) is 404 cm³/mol. The molecule has 1 aliphatic carbocycles. The van der Waals surface area contributed by atoms with E-state index in [-0.39, 0.29) is 99.6 Å². The minimum Gasteiger partial charge on any atom is -0.466 e. The highest BCUT2D eigenvalue weighted by Gasteiger charge is 2.27. The maximum atomic E-state index is 11.7. The highest BCUT2D eigenvalue weighted by atomic mass is 16.6. The van der Waals surface area contributed by atoms with Crippen LogP contribution in [-0.4, -0.2) is 87.2 Å². The van der Waals surface area contributed by atoms with Crippen molar-refractivity contribution in [3.8, 4) is 0 Å². The average molecular weight is 1360 g/mol. The molecule has 0 saturated heterocycles. The van der Waals surface area contributed by atoms with Crippen molar-refractivity contribution in [2.75, 3.05) is 33.0 Å². The predicted octanol–water partition coefficient (Wildman–Crippen LogP) is 23.6. The van der Waals surface area contributed by atoms with Gasteiger partial charge in [0.2, 0.25) is 0 Å². The summed E-state index contributed by atoms with van der Waals surface area (Å²) < 4.78 is 36.2. The quantitative estimate of drug-likeness (QED) is 0.0482. The molecule has 1 fully saturated rings. The zero-order valence-electron chi connectivity index (χ0n) is 70.5. The first kappa shape index (κ1) is 105. The van der Waals surface area contributed by atoms with Crippen LogP contribution in [0.3, 0.4) is 0 Å². The van der Waals surface area contributed by atoms with Crippen molar-refractivity contribution in [1.82, 2.24) is 0 Å². The van der Waals surface area contributed by atoms with Gasteiger partial charge in [0.15, 0.2) is 0 Å². The Morgan fingerprint density at radius 3 is 1.03 bits per heavy atom. The van der Waals surface area contributed by atoms with Crippen LogP contribution in [0.25, 0.3) is 0 Å². The van der Waals surface area contributed by atoms with Crippen molar-refractivity contribution < 1.29 is 61.9 Å². The zero-order valence-corrected chi connectivity index (χ0v) is 70.5. The smallest absolute Gasteiger partial charge is 0.332 e. The van der Waals surface area contributed by atoms with Crippen molar-refractivity contribution in [3.63, 3.8) is 0 Å². The maximum absolute atomic E-state index is 11.7. The third-order valence-corrected chi connectivity index (χ3v) is 13.3. The number of hydrogen-bond acceptors (Lipinski definition) is 13. The number of esters is 6. The average Bonchev–Trinajstić information content (AvgIpc) is 1.93. The lowest BCUT2D eigenvalue weighted by molar-refractivity contribution is -0.154. The molecule has 1 aliphatic rings. The molecule has 0 aliphatic heterocycles. The van der Waals surface area contributed by atoms with E-state index >= 15 is 0 Å². The molecule has 1 saturated carbocycles. The van der Waals surface area contributed by atoms with Crippen LogP contribution in [0.15, 0.2) is 0 Å². The standard InChI is InChI=1S/C13H24O2.2C12H24O2.2C11H22O2.C10H20O3.C7H16.C6H14/c1-10(9-13(2,3)4)15-12(14)11-7-5-6-8-11;1-9(2)7-11(13)14-10(3)8-12(4,5)6;1-10(2)9-11(13)14-8-6-7-12(3,4)5;1-8(2)10(12)13-9(3)7-11(4,5)6;1-9(2)8-10(12)13-7-6-11(3,4)5;1-5-6-12-7-9(11)13-8-10(2,3)4;1-5-6-7(2,3)4;1-5-6(2,3)4/h10-11H,5-9H2,1-4H3;9-10H,7-8H2,1-6H3;10H,6-9H2,1-5H3;8-9H,7H2,1-6H3;9H,6-8H2,1-5H3;5-8H2,1-4H3;5-6H2,1-4H3;5H2,1-4H3. The summed E-state index contributed by atoms with van der Waals surface area (Å²) in [6.45, 7) is 82.5. The molecule has 0 aromatic heterocycles. The molecular weight excluding hydrogens is 1190 g/mol. The Morgan fingerprint density at radius 1 is 0.368 bits per heavy atom. The summed E-state index contributed by atoms with van der Waals surface area (Å²) in [5.41, 5.74) is 2.38. The van der Waals surface area contributed by atoms with Crippen LogP contribution >= 0.6 is 0 Å². The number of carbonyl (C=O) groups is 6. The van der Waals surface area contributed by atoms with E-state index in [0.29, 0.717) is 79.7 Å². The van der Waals surface area contributed by atoms with E-state index in [9.17, 15) is 28.8 Å². The molecule has 13 nitrogen and oxygen atoms in total. The van der Waals surface area contributed by atoms with Crippen LogP contribution in [-0.2, 0) is 61.9 Å². The molecule has 0 radical (unpaired) electrons. The van der Waals surface area contributed by atoms with Crippen LogP contribution in [0.2, 0.25) is 0 Å². The van der Waals surface area contributed by atoms with Gasteiger partial charge < -0.3 is 33.2 Å². The minimum absolute atomic E-state index is 0.0231. The van der Waals surface area contributed by atoms with Crippen molar-refractivity contribution >= 4 is 35.8 Å². The lowest BCUT2D eigenvalue weighted by Gasteiger charge is -2.24. The van der Waals surface area contributed by atoms with Crippen LogP contribution in [0.1, 0.15) is 372 Å². The maximum Gasteiger partial charge on any atom is 0.332 e. The van der Waals surface area contributed by atoms with E-state index in [0.717, 1.165) is 57.8 Å². The van der Waals surface area contributed by atoms with Gasteiger partial charge in [0.25, 0.3) is 0 Å². The highest BCUT2D eigenvalue weighted by Crippen LogP contribution is 2.29. The molecule has 0 heterocycles. The molecule has 3 unspecified atom stereocenters. The van der Waals surface area contributed by atoms with Gasteiger partial charge in [-0.05, 0) is 146 Å². The molecular formula is C82H166O13. The Bertz CT molecular complexity index is 1890. The van der Waals surface area contributed by atoms with E-state index in [1.807, 2.05) is 104 Å². The van der Waals surface area contributed by atoms with Gasteiger partial charge in [-0.1, -0.05) is 268 Å². The fourth-order valence-electron chi connectivity index (χ4n) is 8.54. The number of rotatable bonds is 25. The molecule has 0 amide bonds. The van der Waals surface area contributed by atoms with Gasteiger partial charge in [-0.2, -0.15) is 0 Å². The van der Waals surface area contributed by atoms with Crippen molar-refractivity contribution in [2.45, 2.75) is 391 Å². The third kappa shape index (κ3) is 102. The first-order valence-corrected chi connectivity index (χ1v) is 37.2. The Hall–Kier alpha value is -3.22. The molecule has 0 bridgehead atoms. The molecule has 0 aromatic carbocycles. The summed E-state index contributed by atoms with van der Waals surface area (Å²) in [5.74, 6) is 0.778. The number of hydrogen-bond donors (Lipinski definition) is 0. The van der Waals surface area contributed by atoms with Gasteiger partial charge in [-0.3, -0.25) is 24.0 Å². The zero-order chi connectivity index (χ0) is 76.6. The summed E-state index contributed by atoms with van der Waals surface area (Å²) in [6, 6.07) is 0. The highest BCUT2D eigenvalue weighted by molar-refractivity contribution is 5.73. The molecule has 572 valence electrons. The Balaban J connectivity index is -0.000000189. The van der Waals surface area contributed by atoms with E-state index in [1.165, 1.54) is 32.1 Å². The first-order chi connectivity index (χ1) is 42.5. The van der Waals surface area contributed by atoms with E-state index < -0.39 is 0 Å². The summed E-state index contributed by atoms with van der Waals surface area (Å²) in [5, 5.41) is 0. The Morgan fingerprint density at radius 2 is 0.726 bits per heavy atom. The summed E-state index contributed by atoms with van der Waals surface area (Å²) >= 11 is 0. The number of carbonyl (C=O) groups excluding carboxylic acids is 6. The van der Waals surface area contributed by atoms with Gasteiger partial charge in [-0.25, -0.2) is 4.79 Å². The third-order valence-electron chi connectivity index (χ3n) is 13.3. The largest absolute Gasteiger partial charge is 0.466 e. The van der Waals surface area contributed by atoms with Gasteiger partial charge in [0, 0.05) is 25.9 Å². The molecule has 13 heteroatoms. The lowest BCUT2D eigenvalue weighted by Crippen LogP contribution is -2.24. The Kier molecular flexibility index (Phi) is 60.5. The second-order valence-electron chi connectivity index (χ2n) is 37.9. The van der Waals surface area contributed by atoms with Crippen LogP contribution in [0.4, 0.5) is 0 Å². The number of ether oxygens (including phenoxy) is 7. The molecule has 0 N–H and O–H groups in total. The van der Waals surface area contributed by atoms with Gasteiger partial charge in [-0.15, -0.1) is 0 Å². The van der Waals surface area contributed by atoms with Crippen molar-refractivity contribution in [2.24, 2.45) is 72.9 Å². The normalized spacial score (nSPS) is 13.8. The van der Waals surface area contributed by atoms with Crippen molar-refractivity contribution in [1.29, 1.82) is 0 Å². The van der Waals surface area contributed by atoms with E-state index in [4.69, 9.17) is 33.2 Å². The summed E-state index contributed by atoms with van der Waals surface area (Å²) in [4.78, 5) is 67.6. The van der Waals surface area contributed by atoms with Crippen LogP contribution in [0.5, 0.6) is 0 Å². The fourth-order valence-corrected chi connectivity index (χ4v) is 8.54. The second-order valence-corrected chi connectivity index (χ2v) is 37.9. The van der Waals surface area contributed by atoms with Gasteiger partial charge >= 0.3 is 35.8 Å². The molecule has 1 rings (SSSR count). The topological polar surface area (TPSA) is 167 Å². The lowest BCUT2D eigenvalue weighted by atomic mass is 9.89. The van der Waals surface area contributed by atoms with Crippen molar-refractivity contribution in [3.05, 3.63) is 0 Å². The first-order valence-electron chi connectivity index (χ1n) is 37.2. The summed E-state index contributed by atoms with van der Waals surface area (Å²) in [7, 11) is 0.